The molecular weight excluding hydrogens is 246 g/mol. The molecule has 0 spiro atoms. The largest absolute Gasteiger partial charge is 0.216 e. The zero-order valence-corrected chi connectivity index (χ0v) is 11.7. The zero-order chi connectivity index (χ0) is 13.0. The molecule has 0 amide bonds. The first-order chi connectivity index (χ1) is 8.55. The van der Waals surface area contributed by atoms with Crippen LogP contribution in [-0.2, 0) is 15.8 Å². The second-order valence-electron chi connectivity index (χ2n) is 5.20. The molecule has 0 aliphatic heterocycles. The highest BCUT2D eigenvalue weighted by Crippen LogP contribution is 2.19. The molecule has 0 heterocycles. The molecule has 1 aliphatic rings. The van der Waals surface area contributed by atoms with Crippen LogP contribution in [0, 0.1) is 6.92 Å². The van der Waals surface area contributed by atoms with Crippen LogP contribution >= 0.6 is 0 Å². The highest BCUT2D eigenvalue weighted by molar-refractivity contribution is 7.88. The van der Waals surface area contributed by atoms with Crippen molar-refractivity contribution in [1.82, 2.24) is 4.72 Å². The van der Waals surface area contributed by atoms with Crippen molar-refractivity contribution >= 4 is 10.0 Å². The fraction of sp³-hybridized carbons (Fsp3) is 0.571. The highest BCUT2D eigenvalue weighted by Gasteiger charge is 2.20. The number of rotatable bonds is 4. The molecule has 2 rings (SSSR count). The van der Waals surface area contributed by atoms with E-state index in [1.165, 1.54) is 6.42 Å². The minimum Gasteiger partial charge on any atom is -0.212 e. The summed E-state index contributed by atoms with van der Waals surface area (Å²) in [5.74, 6) is 0.0885. The normalized spacial score (nSPS) is 17.8. The van der Waals surface area contributed by atoms with Gasteiger partial charge in [0.25, 0.3) is 0 Å². The third-order valence-electron chi connectivity index (χ3n) is 3.39. The van der Waals surface area contributed by atoms with Crippen LogP contribution in [-0.4, -0.2) is 14.5 Å². The first-order valence-electron chi connectivity index (χ1n) is 6.61. The number of aryl methyl sites for hydroxylation is 1. The molecule has 100 valence electrons. The molecule has 0 bridgehead atoms. The lowest BCUT2D eigenvalue weighted by molar-refractivity contribution is 0.412. The summed E-state index contributed by atoms with van der Waals surface area (Å²) in [7, 11) is -3.20. The van der Waals surface area contributed by atoms with E-state index in [9.17, 15) is 8.42 Å². The minimum atomic E-state index is -3.20. The van der Waals surface area contributed by atoms with E-state index < -0.39 is 10.0 Å². The molecule has 4 heteroatoms. The zero-order valence-electron chi connectivity index (χ0n) is 10.9. The quantitative estimate of drug-likeness (QED) is 0.911. The maximum absolute atomic E-state index is 12.1. The lowest BCUT2D eigenvalue weighted by atomic mass is 9.96. The predicted molar refractivity (Wildman–Crippen MR) is 73.8 cm³/mol. The lowest BCUT2D eigenvalue weighted by Gasteiger charge is -2.22. The Morgan fingerprint density at radius 3 is 2.61 bits per heavy atom. The van der Waals surface area contributed by atoms with E-state index in [-0.39, 0.29) is 11.8 Å². The second kappa shape index (κ2) is 5.85. The van der Waals surface area contributed by atoms with Crippen LogP contribution in [0.2, 0.25) is 0 Å². The SMILES string of the molecule is Cc1cccc(CS(=O)(=O)NC2CCCCC2)c1. The van der Waals surface area contributed by atoms with Gasteiger partial charge in [0.05, 0.1) is 5.75 Å². The molecule has 0 radical (unpaired) electrons. The predicted octanol–water partition coefficient (Wildman–Crippen LogP) is 2.75. The van der Waals surface area contributed by atoms with Crippen molar-refractivity contribution in [1.29, 1.82) is 0 Å². The fourth-order valence-electron chi connectivity index (χ4n) is 2.54. The van der Waals surface area contributed by atoms with Gasteiger partial charge in [-0.2, -0.15) is 0 Å². The molecule has 0 unspecified atom stereocenters. The van der Waals surface area contributed by atoms with E-state index in [1.807, 2.05) is 31.2 Å². The molecule has 1 fully saturated rings. The van der Waals surface area contributed by atoms with Crippen LogP contribution in [0.25, 0.3) is 0 Å². The van der Waals surface area contributed by atoms with Crippen molar-refractivity contribution in [3.63, 3.8) is 0 Å². The molecule has 1 saturated carbocycles. The van der Waals surface area contributed by atoms with Gasteiger partial charge in [-0.15, -0.1) is 0 Å². The molecule has 1 aromatic carbocycles. The maximum Gasteiger partial charge on any atom is 0.216 e. The van der Waals surface area contributed by atoms with E-state index in [0.29, 0.717) is 0 Å². The van der Waals surface area contributed by atoms with Crippen molar-refractivity contribution in [2.45, 2.75) is 50.8 Å². The summed E-state index contributed by atoms with van der Waals surface area (Å²) in [6.45, 7) is 1.98. The Kier molecular flexibility index (Phi) is 4.40. The molecule has 0 saturated heterocycles. The first kappa shape index (κ1) is 13.6. The molecule has 0 aromatic heterocycles. The van der Waals surface area contributed by atoms with E-state index in [0.717, 1.165) is 36.8 Å². The average molecular weight is 267 g/mol. The lowest BCUT2D eigenvalue weighted by Crippen LogP contribution is -2.36. The molecule has 1 N–H and O–H groups in total. The standard InChI is InChI=1S/C14H21NO2S/c1-12-6-5-7-13(10-12)11-18(16,17)15-14-8-3-2-4-9-14/h5-7,10,14-15H,2-4,8-9,11H2,1H3. The topological polar surface area (TPSA) is 46.2 Å². The van der Waals surface area contributed by atoms with E-state index in [4.69, 9.17) is 0 Å². The third-order valence-corrected chi connectivity index (χ3v) is 4.80. The van der Waals surface area contributed by atoms with Crippen molar-refractivity contribution in [2.24, 2.45) is 0 Å². The van der Waals surface area contributed by atoms with Crippen LogP contribution in [0.15, 0.2) is 24.3 Å². The van der Waals surface area contributed by atoms with Crippen LogP contribution < -0.4 is 4.72 Å². The summed E-state index contributed by atoms with van der Waals surface area (Å²) >= 11 is 0. The van der Waals surface area contributed by atoms with Crippen LogP contribution in [0.1, 0.15) is 43.2 Å². The van der Waals surface area contributed by atoms with Gasteiger partial charge in [-0.25, -0.2) is 13.1 Å². The summed E-state index contributed by atoms with van der Waals surface area (Å²) < 4.78 is 27.0. The van der Waals surface area contributed by atoms with Crippen LogP contribution in [0.5, 0.6) is 0 Å². The van der Waals surface area contributed by atoms with Gasteiger partial charge in [-0.3, -0.25) is 0 Å². The molecule has 1 aliphatic carbocycles. The Morgan fingerprint density at radius 1 is 1.22 bits per heavy atom. The summed E-state index contributed by atoms with van der Waals surface area (Å²) in [5, 5.41) is 0. The third kappa shape index (κ3) is 4.10. The Hall–Kier alpha value is -0.870. The Morgan fingerprint density at radius 2 is 1.94 bits per heavy atom. The van der Waals surface area contributed by atoms with Crippen molar-refractivity contribution in [3.8, 4) is 0 Å². The van der Waals surface area contributed by atoms with Gasteiger partial charge in [0.2, 0.25) is 10.0 Å². The molecule has 0 atom stereocenters. The summed E-state index contributed by atoms with van der Waals surface area (Å²) in [5.41, 5.74) is 1.96. The Labute approximate surface area is 110 Å². The van der Waals surface area contributed by atoms with Gasteiger partial charge in [-0.05, 0) is 25.3 Å². The number of nitrogens with one attached hydrogen (secondary N) is 1. The summed E-state index contributed by atoms with van der Waals surface area (Å²) in [4.78, 5) is 0. The number of hydrogen-bond donors (Lipinski definition) is 1. The smallest absolute Gasteiger partial charge is 0.212 e. The Bertz CT molecular complexity index is 490. The molecule has 18 heavy (non-hydrogen) atoms. The van der Waals surface area contributed by atoms with Gasteiger partial charge in [-0.1, -0.05) is 49.1 Å². The molecular formula is C14H21NO2S. The first-order valence-corrected chi connectivity index (χ1v) is 8.26. The van der Waals surface area contributed by atoms with Crippen LogP contribution in [0.4, 0.5) is 0 Å². The number of hydrogen-bond acceptors (Lipinski definition) is 2. The van der Waals surface area contributed by atoms with Gasteiger partial charge >= 0.3 is 0 Å². The Balaban J connectivity index is 1.98. The maximum atomic E-state index is 12.1. The van der Waals surface area contributed by atoms with Crippen molar-refractivity contribution in [2.75, 3.05) is 0 Å². The molecule has 1 aromatic rings. The second-order valence-corrected chi connectivity index (χ2v) is 6.95. The summed E-state index contributed by atoms with van der Waals surface area (Å²) in [6, 6.07) is 7.83. The van der Waals surface area contributed by atoms with E-state index in [2.05, 4.69) is 4.72 Å². The van der Waals surface area contributed by atoms with E-state index in [1.54, 1.807) is 0 Å². The average Bonchev–Trinajstić information content (AvgIpc) is 2.28. The van der Waals surface area contributed by atoms with Crippen LogP contribution in [0.3, 0.4) is 0 Å². The van der Waals surface area contributed by atoms with Crippen molar-refractivity contribution < 1.29 is 8.42 Å². The van der Waals surface area contributed by atoms with Gasteiger partial charge in [0.15, 0.2) is 0 Å². The van der Waals surface area contributed by atoms with Gasteiger partial charge in [0, 0.05) is 6.04 Å². The molecule has 3 nitrogen and oxygen atoms in total. The summed E-state index contributed by atoms with van der Waals surface area (Å²) in [6.07, 6.45) is 5.46. The van der Waals surface area contributed by atoms with Gasteiger partial charge < -0.3 is 0 Å². The van der Waals surface area contributed by atoms with Gasteiger partial charge in [0.1, 0.15) is 0 Å². The monoisotopic (exact) mass is 267 g/mol. The number of benzene rings is 1. The number of sulfonamides is 1. The highest BCUT2D eigenvalue weighted by atomic mass is 32.2. The van der Waals surface area contributed by atoms with Crippen molar-refractivity contribution in [3.05, 3.63) is 35.4 Å². The minimum absolute atomic E-state index is 0.0885. The van der Waals surface area contributed by atoms with E-state index >= 15 is 0 Å². The fourth-order valence-corrected chi connectivity index (χ4v) is 3.98.